The molecule has 0 aliphatic carbocycles. The zero-order valence-corrected chi connectivity index (χ0v) is 20.4. The molecule has 0 aliphatic rings. The molecule has 0 radical (unpaired) electrons. The van der Waals surface area contributed by atoms with Gasteiger partial charge in [-0.15, -0.1) is 0 Å². The van der Waals surface area contributed by atoms with Gasteiger partial charge in [-0.3, -0.25) is 13.9 Å². The number of aromatic nitrogens is 4. The average Bonchev–Trinajstić information content (AvgIpc) is 3.27. The second-order valence-electron chi connectivity index (χ2n) is 7.12. The maximum atomic E-state index is 15.6. The average molecular weight is 539 g/mol. The number of ether oxygens (including phenoxy) is 2. The van der Waals surface area contributed by atoms with Gasteiger partial charge in [0.25, 0.3) is 15.9 Å². The molecular formula is C21H17ClF2N6O5S. The van der Waals surface area contributed by atoms with E-state index in [4.69, 9.17) is 21.1 Å². The Morgan fingerprint density at radius 3 is 2.53 bits per heavy atom. The van der Waals surface area contributed by atoms with Crippen LogP contribution in [-0.2, 0) is 10.0 Å². The van der Waals surface area contributed by atoms with Crippen molar-refractivity contribution in [2.24, 2.45) is 0 Å². The van der Waals surface area contributed by atoms with Gasteiger partial charge in [0.1, 0.15) is 12.1 Å². The van der Waals surface area contributed by atoms with Crippen LogP contribution in [0.5, 0.6) is 11.8 Å². The van der Waals surface area contributed by atoms with Gasteiger partial charge in [-0.1, -0.05) is 11.6 Å². The molecule has 15 heteroatoms. The van der Waals surface area contributed by atoms with Gasteiger partial charge in [0.2, 0.25) is 11.8 Å². The number of imidazole rings is 1. The minimum absolute atomic E-state index is 0.00277. The monoisotopic (exact) mass is 538 g/mol. The van der Waals surface area contributed by atoms with Crippen molar-refractivity contribution in [3.8, 4) is 22.9 Å². The first-order valence-electron chi connectivity index (χ1n) is 9.95. The predicted molar refractivity (Wildman–Crippen MR) is 125 cm³/mol. The summed E-state index contributed by atoms with van der Waals surface area (Å²) in [5, 5.41) is 2.41. The van der Waals surface area contributed by atoms with Crippen LogP contribution in [0.15, 0.2) is 41.8 Å². The number of nitrogens with zero attached hydrogens (tertiary/aromatic N) is 4. The molecule has 1 aromatic carbocycles. The molecule has 0 bridgehead atoms. The Hall–Kier alpha value is -4.04. The Morgan fingerprint density at radius 2 is 1.86 bits per heavy atom. The summed E-state index contributed by atoms with van der Waals surface area (Å²) in [6.07, 6.45) is 3.66. The van der Waals surface area contributed by atoms with Gasteiger partial charge in [0.15, 0.2) is 22.1 Å². The van der Waals surface area contributed by atoms with E-state index >= 15 is 4.39 Å². The first-order valence-corrected chi connectivity index (χ1v) is 11.8. The molecule has 188 valence electrons. The van der Waals surface area contributed by atoms with E-state index in [1.165, 1.54) is 44.4 Å². The first-order chi connectivity index (χ1) is 17.1. The van der Waals surface area contributed by atoms with Crippen LogP contribution in [0.3, 0.4) is 0 Å². The number of carbonyl (C=O) groups excluding carboxylic acids is 1. The van der Waals surface area contributed by atoms with Crippen molar-refractivity contribution >= 4 is 38.9 Å². The van der Waals surface area contributed by atoms with E-state index < -0.39 is 43.7 Å². The van der Waals surface area contributed by atoms with Crippen LogP contribution in [0.1, 0.15) is 10.5 Å². The Bertz CT molecular complexity index is 1610. The highest BCUT2D eigenvalue weighted by molar-refractivity contribution is 7.92. The summed E-state index contributed by atoms with van der Waals surface area (Å²) in [5.41, 5.74) is -1.33. The van der Waals surface area contributed by atoms with Crippen molar-refractivity contribution in [2.45, 2.75) is 4.90 Å². The topological polar surface area (TPSA) is 137 Å². The lowest BCUT2D eigenvalue weighted by Gasteiger charge is -2.15. The van der Waals surface area contributed by atoms with Gasteiger partial charge in [0, 0.05) is 19.4 Å². The largest absolute Gasteiger partial charge is 0.480 e. The van der Waals surface area contributed by atoms with Crippen molar-refractivity contribution in [1.29, 1.82) is 0 Å². The number of methoxy groups -OCH3 is 2. The molecular weight excluding hydrogens is 522 g/mol. The lowest BCUT2D eigenvalue weighted by molar-refractivity contribution is 0.0960. The molecule has 1 amide bonds. The fraction of sp³-hybridized carbons (Fsp3) is 0.143. The van der Waals surface area contributed by atoms with Crippen LogP contribution >= 0.6 is 11.6 Å². The summed E-state index contributed by atoms with van der Waals surface area (Å²) in [7, 11) is -0.632. The quantitative estimate of drug-likeness (QED) is 0.366. The van der Waals surface area contributed by atoms with Gasteiger partial charge in [-0.25, -0.2) is 27.2 Å². The van der Waals surface area contributed by atoms with Crippen LogP contribution in [0.2, 0.25) is 5.02 Å². The molecule has 3 heterocycles. The predicted octanol–water partition coefficient (Wildman–Crippen LogP) is 2.90. The summed E-state index contributed by atoms with van der Waals surface area (Å²) >= 11 is 5.86. The lowest BCUT2D eigenvalue weighted by atomic mass is 10.1. The van der Waals surface area contributed by atoms with Gasteiger partial charge in [-0.2, -0.15) is 4.98 Å². The third kappa shape index (κ3) is 4.35. The fourth-order valence-corrected chi connectivity index (χ4v) is 4.78. The molecule has 36 heavy (non-hydrogen) atoms. The van der Waals surface area contributed by atoms with Crippen LogP contribution in [0.25, 0.3) is 16.8 Å². The molecule has 0 spiro atoms. The minimum Gasteiger partial charge on any atom is -0.480 e. The summed E-state index contributed by atoms with van der Waals surface area (Å²) < 4.78 is 70.0. The number of sulfonamides is 1. The van der Waals surface area contributed by atoms with Crippen LogP contribution in [-0.4, -0.2) is 54.9 Å². The first kappa shape index (κ1) is 25.1. The molecule has 2 N–H and O–H groups in total. The number of hydrogen-bond donors (Lipinski definition) is 2. The summed E-state index contributed by atoms with van der Waals surface area (Å²) in [4.78, 5) is 23.5. The van der Waals surface area contributed by atoms with Gasteiger partial charge in [-0.05, 0) is 18.2 Å². The number of benzene rings is 1. The molecule has 4 aromatic rings. The SMILES string of the molecule is CNC(=O)c1ncn2cc(-c3c(F)ccc(NS(=O)(=O)c4cc(Cl)cnc4OC)c3F)c(OC)nc12. The number of anilines is 1. The maximum absolute atomic E-state index is 15.6. The van der Waals surface area contributed by atoms with Crippen LogP contribution in [0.4, 0.5) is 14.5 Å². The number of rotatable bonds is 7. The number of amides is 1. The Morgan fingerprint density at radius 1 is 1.14 bits per heavy atom. The lowest BCUT2D eigenvalue weighted by Crippen LogP contribution is -2.19. The van der Waals surface area contributed by atoms with E-state index in [2.05, 4.69) is 25.0 Å². The third-order valence-corrected chi connectivity index (χ3v) is 6.55. The Kier molecular flexibility index (Phi) is 6.65. The van der Waals surface area contributed by atoms with E-state index in [0.717, 1.165) is 18.2 Å². The highest BCUT2D eigenvalue weighted by Crippen LogP contribution is 2.37. The van der Waals surface area contributed by atoms with Crippen molar-refractivity contribution in [1.82, 2.24) is 24.7 Å². The molecule has 3 aromatic heterocycles. The van der Waals surface area contributed by atoms with Crippen LogP contribution in [0, 0.1) is 11.6 Å². The molecule has 0 unspecified atom stereocenters. The van der Waals surface area contributed by atoms with E-state index in [-0.39, 0.29) is 33.7 Å². The molecule has 0 fully saturated rings. The van der Waals surface area contributed by atoms with Gasteiger partial charge in [0.05, 0.1) is 36.1 Å². The normalized spacial score (nSPS) is 11.4. The Balaban J connectivity index is 1.85. The second-order valence-corrected chi connectivity index (χ2v) is 9.20. The standard InChI is InChI=1S/C21H17ClF2N6O5S/c1-25-19(31)17-18-28-20(34-2)11(8-30(18)9-27-17)15-12(23)4-5-13(16(15)24)29-36(32,33)14-6-10(22)7-26-21(14)35-3/h4-9,29H,1-3H3,(H,25,31). The maximum Gasteiger partial charge on any atom is 0.273 e. The number of hydrogen-bond acceptors (Lipinski definition) is 8. The molecule has 11 nitrogen and oxygen atoms in total. The van der Waals surface area contributed by atoms with Crippen molar-refractivity contribution in [3.05, 3.63) is 59.3 Å². The van der Waals surface area contributed by atoms with Gasteiger partial charge < -0.3 is 14.8 Å². The Labute approximate surface area is 208 Å². The summed E-state index contributed by atoms with van der Waals surface area (Å²) in [5.74, 6) is -3.31. The van der Waals surface area contributed by atoms with Gasteiger partial charge >= 0.3 is 0 Å². The highest BCUT2D eigenvalue weighted by atomic mass is 35.5. The number of carbonyl (C=O) groups is 1. The second kappa shape index (κ2) is 9.54. The number of pyridine rings is 1. The van der Waals surface area contributed by atoms with Crippen molar-refractivity contribution < 1.29 is 31.5 Å². The number of nitrogens with one attached hydrogen (secondary N) is 2. The van der Waals surface area contributed by atoms with E-state index in [1.54, 1.807) is 0 Å². The summed E-state index contributed by atoms with van der Waals surface area (Å²) in [6, 6.07) is 2.86. The minimum atomic E-state index is -4.46. The van der Waals surface area contributed by atoms with Crippen molar-refractivity contribution in [2.75, 3.05) is 26.0 Å². The summed E-state index contributed by atoms with van der Waals surface area (Å²) in [6.45, 7) is 0. The molecule has 0 saturated carbocycles. The number of fused-ring (bicyclic) bond motifs is 1. The number of halogens is 3. The zero-order chi connectivity index (χ0) is 26.2. The van der Waals surface area contributed by atoms with E-state index in [0.29, 0.717) is 0 Å². The molecule has 0 saturated heterocycles. The van der Waals surface area contributed by atoms with E-state index in [1.807, 2.05) is 0 Å². The molecule has 0 aliphatic heterocycles. The molecule has 4 rings (SSSR count). The highest BCUT2D eigenvalue weighted by Gasteiger charge is 2.27. The zero-order valence-electron chi connectivity index (χ0n) is 18.8. The third-order valence-electron chi connectivity index (χ3n) is 4.98. The fourth-order valence-electron chi connectivity index (χ4n) is 3.35. The molecule has 0 atom stereocenters. The smallest absolute Gasteiger partial charge is 0.273 e. The van der Waals surface area contributed by atoms with Crippen molar-refractivity contribution in [3.63, 3.8) is 0 Å². The van der Waals surface area contributed by atoms with Crippen LogP contribution < -0.4 is 19.5 Å². The van der Waals surface area contributed by atoms with E-state index in [9.17, 15) is 17.6 Å².